The van der Waals surface area contributed by atoms with Gasteiger partial charge in [-0.05, 0) is 30.3 Å². The Hall–Kier alpha value is -1.26. The van der Waals surface area contributed by atoms with Gasteiger partial charge in [-0.1, -0.05) is 23.4 Å². The summed E-state index contributed by atoms with van der Waals surface area (Å²) in [6.07, 6.45) is 1.40. The van der Waals surface area contributed by atoms with Gasteiger partial charge in [-0.3, -0.25) is 0 Å². The van der Waals surface area contributed by atoms with E-state index in [1.54, 1.807) is 12.1 Å². The van der Waals surface area contributed by atoms with Crippen LogP contribution in [0.2, 0.25) is 5.02 Å². The molecule has 0 aliphatic rings. The second kappa shape index (κ2) is 4.72. The van der Waals surface area contributed by atoms with E-state index in [0.29, 0.717) is 0 Å². The minimum absolute atomic E-state index is 0.175. The highest BCUT2D eigenvalue weighted by Crippen LogP contribution is 2.29. The van der Waals surface area contributed by atoms with Gasteiger partial charge in [0.2, 0.25) is 0 Å². The second-order valence-electron chi connectivity index (χ2n) is 3.04. The van der Waals surface area contributed by atoms with Crippen LogP contribution in [0.1, 0.15) is 0 Å². The van der Waals surface area contributed by atoms with E-state index in [-0.39, 0.29) is 15.8 Å². The number of nitrogens with zero attached hydrogens (tertiary/aromatic N) is 1. The van der Waals surface area contributed by atoms with E-state index >= 15 is 0 Å². The normalized spacial score (nSPS) is 10.4. The highest BCUT2D eigenvalue weighted by molar-refractivity contribution is 7.99. The number of phenolic OH excluding ortho intramolecular Hbond substituents is 1. The third kappa shape index (κ3) is 2.65. The molecule has 2 aromatic rings. The molecule has 82 valence electrons. The molecule has 5 heteroatoms. The Bertz CT molecular complexity index is 504. The summed E-state index contributed by atoms with van der Waals surface area (Å²) in [6, 6.07) is 7.68. The van der Waals surface area contributed by atoms with Crippen molar-refractivity contribution in [3.8, 4) is 5.75 Å². The summed E-state index contributed by atoms with van der Waals surface area (Å²) in [5, 5.41) is 9.63. The molecule has 0 bridgehead atoms. The maximum absolute atomic E-state index is 13.4. The van der Waals surface area contributed by atoms with Crippen molar-refractivity contribution in [2.45, 2.75) is 9.92 Å². The molecular weight excluding hydrogens is 249 g/mol. The van der Waals surface area contributed by atoms with Crippen LogP contribution >= 0.6 is 23.4 Å². The van der Waals surface area contributed by atoms with E-state index < -0.39 is 5.82 Å². The molecule has 0 saturated carbocycles. The zero-order valence-electron chi connectivity index (χ0n) is 8.02. The van der Waals surface area contributed by atoms with Gasteiger partial charge >= 0.3 is 0 Å². The standard InChI is InChI=1S/C11H7ClFNOS/c12-7-5-10(13)11(14-6-7)16-9-3-1-8(15)2-4-9/h1-6,15H. The van der Waals surface area contributed by atoms with Gasteiger partial charge in [-0.15, -0.1) is 0 Å². The smallest absolute Gasteiger partial charge is 0.157 e. The van der Waals surface area contributed by atoms with Gasteiger partial charge in [0, 0.05) is 11.1 Å². The summed E-state index contributed by atoms with van der Waals surface area (Å²) in [5.41, 5.74) is 0. The van der Waals surface area contributed by atoms with Crippen LogP contribution in [-0.4, -0.2) is 10.1 Å². The SMILES string of the molecule is Oc1ccc(Sc2ncc(Cl)cc2F)cc1. The lowest BCUT2D eigenvalue weighted by molar-refractivity contribution is 0.475. The van der Waals surface area contributed by atoms with Crippen LogP contribution in [0, 0.1) is 5.82 Å². The molecule has 0 fully saturated rings. The first-order valence-corrected chi connectivity index (χ1v) is 5.62. The van der Waals surface area contributed by atoms with Crippen molar-refractivity contribution < 1.29 is 9.50 Å². The van der Waals surface area contributed by atoms with E-state index in [0.717, 1.165) is 4.90 Å². The number of aromatic hydroxyl groups is 1. The molecule has 16 heavy (non-hydrogen) atoms. The third-order valence-electron chi connectivity index (χ3n) is 1.83. The predicted molar refractivity (Wildman–Crippen MR) is 61.4 cm³/mol. The molecule has 1 aromatic heterocycles. The number of halogens is 2. The molecule has 0 radical (unpaired) electrons. The zero-order valence-corrected chi connectivity index (χ0v) is 9.60. The summed E-state index contributed by atoms with van der Waals surface area (Å²) in [4.78, 5) is 4.69. The van der Waals surface area contributed by atoms with Gasteiger partial charge in [-0.25, -0.2) is 9.37 Å². The molecule has 0 atom stereocenters. The number of benzene rings is 1. The Morgan fingerprint density at radius 3 is 2.56 bits per heavy atom. The Morgan fingerprint density at radius 2 is 1.94 bits per heavy atom. The largest absolute Gasteiger partial charge is 0.508 e. The molecule has 0 amide bonds. The third-order valence-corrected chi connectivity index (χ3v) is 3.03. The lowest BCUT2D eigenvalue weighted by Gasteiger charge is -2.02. The average molecular weight is 256 g/mol. The predicted octanol–water partition coefficient (Wildman–Crippen LogP) is 3.73. The molecule has 0 spiro atoms. The monoisotopic (exact) mass is 255 g/mol. The summed E-state index contributed by atoms with van der Waals surface area (Å²) in [5.74, 6) is -0.278. The van der Waals surface area contributed by atoms with Crippen molar-refractivity contribution in [3.05, 3.63) is 47.4 Å². The van der Waals surface area contributed by atoms with Gasteiger partial charge in [0.25, 0.3) is 0 Å². The Labute approximate surface area is 101 Å². The number of rotatable bonds is 2. The lowest BCUT2D eigenvalue weighted by Crippen LogP contribution is -1.85. The number of aromatic nitrogens is 1. The molecule has 0 aliphatic heterocycles. The van der Waals surface area contributed by atoms with E-state index in [1.807, 2.05) is 0 Å². The molecular formula is C11H7ClFNOS. The summed E-state index contributed by atoms with van der Waals surface area (Å²) < 4.78 is 13.4. The molecule has 1 N–H and O–H groups in total. The van der Waals surface area contributed by atoms with E-state index in [2.05, 4.69) is 4.98 Å². The molecule has 0 aliphatic carbocycles. The number of pyridine rings is 1. The first-order chi connectivity index (χ1) is 7.65. The van der Waals surface area contributed by atoms with Crippen LogP contribution in [0.5, 0.6) is 5.75 Å². The van der Waals surface area contributed by atoms with Crippen molar-refractivity contribution in [1.29, 1.82) is 0 Å². The lowest BCUT2D eigenvalue weighted by atomic mass is 10.3. The Balaban J connectivity index is 2.23. The fourth-order valence-corrected chi connectivity index (χ4v) is 2.00. The fraction of sp³-hybridized carbons (Fsp3) is 0. The van der Waals surface area contributed by atoms with Gasteiger partial charge in [0.05, 0.1) is 5.02 Å². The van der Waals surface area contributed by atoms with Gasteiger partial charge in [-0.2, -0.15) is 0 Å². The second-order valence-corrected chi connectivity index (χ2v) is 4.54. The molecule has 2 nitrogen and oxygen atoms in total. The van der Waals surface area contributed by atoms with E-state index in [4.69, 9.17) is 16.7 Å². The van der Waals surface area contributed by atoms with Crippen LogP contribution in [0.4, 0.5) is 4.39 Å². The quantitative estimate of drug-likeness (QED) is 0.888. The van der Waals surface area contributed by atoms with Crippen molar-refractivity contribution in [2.24, 2.45) is 0 Å². The van der Waals surface area contributed by atoms with Gasteiger partial charge in [0.1, 0.15) is 10.8 Å². The van der Waals surface area contributed by atoms with Crippen molar-refractivity contribution in [1.82, 2.24) is 4.98 Å². The van der Waals surface area contributed by atoms with Crippen LogP contribution in [0.3, 0.4) is 0 Å². The molecule has 0 saturated heterocycles. The van der Waals surface area contributed by atoms with Gasteiger partial charge < -0.3 is 5.11 Å². The maximum Gasteiger partial charge on any atom is 0.157 e. The minimum atomic E-state index is -0.453. The van der Waals surface area contributed by atoms with Crippen molar-refractivity contribution >= 4 is 23.4 Å². The van der Waals surface area contributed by atoms with Crippen LogP contribution in [-0.2, 0) is 0 Å². The summed E-state index contributed by atoms with van der Waals surface area (Å²) in [7, 11) is 0. The van der Waals surface area contributed by atoms with Gasteiger partial charge in [0.15, 0.2) is 5.82 Å². The first kappa shape index (κ1) is 11.2. The summed E-state index contributed by atoms with van der Waals surface area (Å²) >= 11 is 6.77. The fourth-order valence-electron chi connectivity index (χ4n) is 1.10. The minimum Gasteiger partial charge on any atom is -0.508 e. The van der Waals surface area contributed by atoms with Crippen molar-refractivity contribution in [3.63, 3.8) is 0 Å². The first-order valence-electron chi connectivity index (χ1n) is 4.43. The summed E-state index contributed by atoms with van der Waals surface area (Å²) in [6.45, 7) is 0. The molecule has 1 aromatic carbocycles. The van der Waals surface area contributed by atoms with E-state index in [1.165, 1.54) is 36.2 Å². The molecule has 0 unspecified atom stereocenters. The average Bonchev–Trinajstić information content (AvgIpc) is 2.25. The zero-order chi connectivity index (χ0) is 11.5. The Kier molecular flexibility index (Phi) is 3.31. The van der Waals surface area contributed by atoms with Crippen LogP contribution in [0.25, 0.3) is 0 Å². The highest BCUT2D eigenvalue weighted by Gasteiger charge is 2.06. The number of hydrogen-bond donors (Lipinski definition) is 1. The number of phenols is 1. The maximum atomic E-state index is 13.4. The number of hydrogen-bond acceptors (Lipinski definition) is 3. The molecule has 2 rings (SSSR count). The Morgan fingerprint density at radius 1 is 1.25 bits per heavy atom. The molecule has 1 heterocycles. The highest BCUT2D eigenvalue weighted by atomic mass is 35.5. The van der Waals surface area contributed by atoms with Crippen LogP contribution < -0.4 is 0 Å². The van der Waals surface area contributed by atoms with Crippen molar-refractivity contribution in [2.75, 3.05) is 0 Å². The van der Waals surface area contributed by atoms with E-state index in [9.17, 15) is 4.39 Å². The van der Waals surface area contributed by atoms with Crippen LogP contribution in [0.15, 0.2) is 46.5 Å². The topological polar surface area (TPSA) is 33.1 Å².